The van der Waals surface area contributed by atoms with Crippen LogP contribution >= 0.6 is 11.8 Å². The van der Waals surface area contributed by atoms with Gasteiger partial charge in [-0.25, -0.2) is 9.78 Å². The van der Waals surface area contributed by atoms with Crippen LogP contribution in [-0.2, 0) is 25.6 Å². The number of imidazole rings is 1. The van der Waals surface area contributed by atoms with Crippen molar-refractivity contribution in [2.75, 3.05) is 12.0 Å². The number of H-pyrrole nitrogens is 1. The zero-order valence-electron chi connectivity index (χ0n) is 15.4. The van der Waals surface area contributed by atoms with Crippen LogP contribution in [0.1, 0.15) is 25.0 Å². The van der Waals surface area contributed by atoms with Crippen LogP contribution in [0.2, 0.25) is 0 Å². The van der Waals surface area contributed by atoms with E-state index in [9.17, 15) is 24.3 Å². The maximum Gasteiger partial charge on any atom is 0.326 e. The Morgan fingerprint density at radius 2 is 1.86 bits per heavy atom. The van der Waals surface area contributed by atoms with Gasteiger partial charge < -0.3 is 31.6 Å². The Morgan fingerprint density at radius 1 is 1.18 bits per heavy atom. The van der Waals surface area contributed by atoms with Gasteiger partial charge in [0, 0.05) is 24.7 Å². The average molecular weight is 415 g/mol. The molecule has 1 aromatic rings. The maximum atomic E-state index is 12.5. The molecular formula is C16H25N5O6S. The Kier molecular flexibility index (Phi) is 10.0. The summed E-state index contributed by atoms with van der Waals surface area (Å²) in [6.07, 6.45) is 4.43. The van der Waals surface area contributed by atoms with Gasteiger partial charge in [0.15, 0.2) is 0 Å². The molecule has 11 nitrogen and oxygen atoms in total. The van der Waals surface area contributed by atoms with Gasteiger partial charge in [0.05, 0.1) is 12.4 Å². The normalized spacial score (nSPS) is 13.9. The van der Waals surface area contributed by atoms with E-state index >= 15 is 0 Å². The van der Waals surface area contributed by atoms with E-state index in [-0.39, 0.29) is 19.3 Å². The van der Waals surface area contributed by atoms with Crippen molar-refractivity contribution >= 4 is 35.5 Å². The van der Waals surface area contributed by atoms with Gasteiger partial charge in [-0.2, -0.15) is 11.8 Å². The molecule has 7 N–H and O–H groups in total. The molecule has 28 heavy (non-hydrogen) atoms. The zero-order chi connectivity index (χ0) is 21.1. The highest BCUT2D eigenvalue weighted by atomic mass is 32.2. The Labute approximate surface area is 165 Å². The van der Waals surface area contributed by atoms with Crippen molar-refractivity contribution in [1.82, 2.24) is 20.6 Å². The number of aromatic nitrogens is 2. The summed E-state index contributed by atoms with van der Waals surface area (Å²) in [6, 6.07) is -3.34. The highest BCUT2D eigenvalue weighted by molar-refractivity contribution is 7.98. The molecule has 156 valence electrons. The van der Waals surface area contributed by atoms with Crippen molar-refractivity contribution in [2.24, 2.45) is 5.73 Å². The van der Waals surface area contributed by atoms with Crippen LogP contribution in [0, 0.1) is 0 Å². The first-order chi connectivity index (χ1) is 13.2. The SMILES string of the molecule is CSCCC(N)C(=O)NC(CCC(=O)O)C(=O)NC(Cc1cnc[nH]1)C(=O)O. The minimum absolute atomic E-state index is 0.0477. The van der Waals surface area contributed by atoms with Crippen molar-refractivity contribution < 1.29 is 29.4 Å². The average Bonchev–Trinajstić information content (AvgIpc) is 3.14. The fraction of sp³-hybridized carbons (Fsp3) is 0.562. The van der Waals surface area contributed by atoms with Crippen LogP contribution in [0.4, 0.5) is 0 Å². The number of nitrogens with zero attached hydrogens (tertiary/aromatic N) is 1. The second-order valence-electron chi connectivity index (χ2n) is 6.06. The summed E-state index contributed by atoms with van der Waals surface area (Å²) >= 11 is 1.51. The van der Waals surface area contributed by atoms with Crippen molar-refractivity contribution in [2.45, 2.75) is 43.8 Å². The lowest BCUT2D eigenvalue weighted by Gasteiger charge is -2.22. The molecule has 1 heterocycles. The third-order valence-corrected chi connectivity index (χ3v) is 4.49. The van der Waals surface area contributed by atoms with E-state index < -0.39 is 41.9 Å². The van der Waals surface area contributed by atoms with Gasteiger partial charge in [-0.3, -0.25) is 14.4 Å². The molecule has 1 aromatic heterocycles. The highest BCUT2D eigenvalue weighted by Gasteiger charge is 2.28. The molecule has 12 heteroatoms. The molecule has 2 amide bonds. The molecule has 0 spiro atoms. The van der Waals surface area contributed by atoms with E-state index in [1.54, 1.807) is 0 Å². The molecule has 0 saturated carbocycles. The van der Waals surface area contributed by atoms with Crippen LogP contribution < -0.4 is 16.4 Å². The van der Waals surface area contributed by atoms with Gasteiger partial charge in [-0.1, -0.05) is 0 Å². The molecule has 1 rings (SSSR count). The Hall–Kier alpha value is -2.60. The summed E-state index contributed by atoms with van der Waals surface area (Å²) in [5.41, 5.74) is 6.27. The summed E-state index contributed by atoms with van der Waals surface area (Å²) in [6.45, 7) is 0. The van der Waals surface area contributed by atoms with E-state index in [2.05, 4.69) is 20.6 Å². The second-order valence-corrected chi connectivity index (χ2v) is 7.05. The van der Waals surface area contributed by atoms with Crippen LogP contribution in [0.25, 0.3) is 0 Å². The van der Waals surface area contributed by atoms with E-state index in [0.29, 0.717) is 17.9 Å². The van der Waals surface area contributed by atoms with Crippen molar-refractivity contribution in [1.29, 1.82) is 0 Å². The maximum absolute atomic E-state index is 12.5. The molecule has 0 aliphatic carbocycles. The fourth-order valence-corrected chi connectivity index (χ4v) is 2.77. The van der Waals surface area contributed by atoms with Crippen LogP contribution in [0.3, 0.4) is 0 Å². The van der Waals surface area contributed by atoms with Crippen LogP contribution in [0.15, 0.2) is 12.5 Å². The van der Waals surface area contributed by atoms with Gasteiger partial charge in [0.1, 0.15) is 12.1 Å². The number of nitrogens with one attached hydrogen (secondary N) is 3. The third-order valence-electron chi connectivity index (χ3n) is 3.84. The first-order valence-electron chi connectivity index (χ1n) is 8.51. The topological polar surface area (TPSA) is 188 Å². The second kappa shape index (κ2) is 12.0. The number of carboxylic acids is 2. The van der Waals surface area contributed by atoms with Crippen molar-refractivity contribution in [3.63, 3.8) is 0 Å². The highest BCUT2D eigenvalue weighted by Crippen LogP contribution is 2.05. The number of carboxylic acid groups (broad SMARTS) is 2. The number of aromatic amines is 1. The molecule has 0 bridgehead atoms. The lowest BCUT2D eigenvalue weighted by molar-refractivity contribution is -0.143. The van der Waals surface area contributed by atoms with Crippen LogP contribution in [-0.4, -0.2) is 74.1 Å². The quantitative estimate of drug-likeness (QED) is 0.234. The van der Waals surface area contributed by atoms with Gasteiger partial charge in [0.2, 0.25) is 11.8 Å². The van der Waals surface area contributed by atoms with E-state index in [1.807, 2.05) is 6.26 Å². The van der Waals surface area contributed by atoms with E-state index in [4.69, 9.17) is 10.8 Å². The summed E-state index contributed by atoms with van der Waals surface area (Å²) in [5, 5.41) is 23.0. The first kappa shape index (κ1) is 23.4. The number of nitrogens with two attached hydrogens (primary N) is 1. The minimum Gasteiger partial charge on any atom is -0.481 e. The number of carbonyl (C=O) groups excluding carboxylic acids is 2. The Morgan fingerprint density at radius 3 is 2.39 bits per heavy atom. The molecular weight excluding hydrogens is 390 g/mol. The van der Waals surface area contributed by atoms with Crippen molar-refractivity contribution in [3.05, 3.63) is 18.2 Å². The molecule has 0 aliphatic heterocycles. The summed E-state index contributed by atoms with van der Waals surface area (Å²) in [7, 11) is 0. The Bertz CT molecular complexity index is 668. The first-order valence-corrected chi connectivity index (χ1v) is 9.91. The number of rotatable bonds is 13. The van der Waals surface area contributed by atoms with Crippen LogP contribution in [0.5, 0.6) is 0 Å². The lowest BCUT2D eigenvalue weighted by Crippen LogP contribution is -2.55. The standard InChI is InChI=1S/C16H25N5O6S/c1-28-5-4-10(17)14(24)20-11(2-3-13(22)23)15(25)21-12(16(26)27)6-9-7-18-8-19-9/h7-8,10-12H,2-6,17H2,1H3,(H,18,19)(H,20,24)(H,21,25)(H,22,23)(H,26,27). The number of amides is 2. The number of hydrogen-bond acceptors (Lipinski definition) is 7. The fourth-order valence-electron chi connectivity index (χ4n) is 2.28. The number of carbonyl (C=O) groups is 4. The molecule has 0 fully saturated rings. The third kappa shape index (κ3) is 8.39. The number of aliphatic carboxylic acids is 2. The smallest absolute Gasteiger partial charge is 0.326 e. The predicted molar refractivity (Wildman–Crippen MR) is 102 cm³/mol. The van der Waals surface area contributed by atoms with Gasteiger partial charge in [-0.05, 0) is 24.9 Å². The zero-order valence-corrected chi connectivity index (χ0v) is 16.2. The summed E-state index contributed by atoms with van der Waals surface area (Å²) < 4.78 is 0. The monoisotopic (exact) mass is 415 g/mol. The molecule has 3 atom stereocenters. The molecule has 3 unspecified atom stereocenters. The summed E-state index contributed by atoms with van der Waals surface area (Å²) in [5.74, 6) is -3.17. The molecule has 0 saturated heterocycles. The van der Waals surface area contributed by atoms with E-state index in [1.165, 1.54) is 24.3 Å². The minimum atomic E-state index is -1.28. The van der Waals surface area contributed by atoms with Gasteiger partial charge >= 0.3 is 11.9 Å². The van der Waals surface area contributed by atoms with Gasteiger partial charge in [-0.15, -0.1) is 0 Å². The molecule has 0 aliphatic rings. The lowest BCUT2D eigenvalue weighted by atomic mass is 10.1. The van der Waals surface area contributed by atoms with E-state index in [0.717, 1.165) is 0 Å². The largest absolute Gasteiger partial charge is 0.481 e. The van der Waals surface area contributed by atoms with Gasteiger partial charge in [0.25, 0.3) is 0 Å². The van der Waals surface area contributed by atoms with Crippen molar-refractivity contribution in [3.8, 4) is 0 Å². The molecule has 0 radical (unpaired) electrons. The molecule has 0 aromatic carbocycles. The predicted octanol–water partition coefficient (Wildman–Crippen LogP) is -1.05. The summed E-state index contributed by atoms with van der Waals surface area (Å²) in [4.78, 5) is 53.5. The number of hydrogen-bond donors (Lipinski definition) is 6. The Balaban J connectivity index is 2.79. The number of thioether (sulfide) groups is 1.